The molecule has 0 spiro atoms. The van der Waals surface area contributed by atoms with Crippen LogP contribution in [0.15, 0.2) is 97.1 Å². The zero-order chi connectivity index (χ0) is 30.9. The summed E-state index contributed by atoms with van der Waals surface area (Å²) >= 11 is 0. The maximum Gasteiger partial charge on any atom is 0.198 e. The zero-order valence-electron chi connectivity index (χ0n) is 22.3. The third-order valence-electron chi connectivity index (χ3n) is 7.87. The van der Waals surface area contributed by atoms with E-state index in [2.05, 4.69) is 0 Å². The molecule has 7 aromatic carbocycles. The third-order valence-corrected chi connectivity index (χ3v) is 7.87. The molecule has 0 saturated heterocycles. The smallest absolute Gasteiger partial charge is 0.198 e. The topological polar surface area (TPSA) is 0 Å². The maximum absolute atomic E-state index is 15.9. The van der Waals surface area contributed by atoms with Crippen LogP contribution in [0, 0.1) is 46.5 Å². The standard InChI is InChI=1S/C36H16F8/c37-29-25-23(20-15-13-18(14-16-20)17-7-2-1-3-8-17)26-28(32(40)36(44)34(42)30(26)38)24(27(25)31(39)35(43)33(29)41)22-12-6-10-19-9-4-5-11-21(19)22/h1-16H. The minimum Gasteiger partial charge on any atom is -0.203 e. The predicted octanol–water partition coefficient (Wildman–Crippen LogP) is 11.3. The first-order chi connectivity index (χ1) is 21.2. The van der Waals surface area contributed by atoms with Gasteiger partial charge in [0.05, 0.1) is 0 Å². The molecule has 0 atom stereocenters. The van der Waals surface area contributed by atoms with E-state index in [9.17, 15) is 17.6 Å². The van der Waals surface area contributed by atoms with Crippen LogP contribution in [0.4, 0.5) is 35.1 Å². The van der Waals surface area contributed by atoms with Crippen LogP contribution in [0.25, 0.3) is 65.7 Å². The molecule has 0 bridgehead atoms. The molecule has 0 heterocycles. The zero-order valence-corrected chi connectivity index (χ0v) is 22.3. The van der Waals surface area contributed by atoms with E-state index in [4.69, 9.17) is 0 Å². The summed E-state index contributed by atoms with van der Waals surface area (Å²) < 4.78 is 123. The second kappa shape index (κ2) is 10.2. The van der Waals surface area contributed by atoms with Crippen molar-refractivity contribution >= 4 is 32.3 Å². The Hall–Kier alpha value is -5.24. The van der Waals surface area contributed by atoms with Gasteiger partial charge in [0.15, 0.2) is 46.5 Å². The summed E-state index contributed by atoms with van der Waals surface area (Å²) in [5, 5.41) is -3.04. The van der Waals surface area contributed by atoms with E-state index < -0.39 is 79.2 Å². The molecule has 0 nitrogen and oxygen atoms in total. The van der Waals surface area contributed by atoms with Crippen LogP contribution in [0.2, 0.25) is 0 Å². The lowest BCUT2D eigenvalue weighted by Gasteiger charge is -2.21. The SMILES string of the molecule is Fc1c(F)c(F)c2c(-c3cccc4ccccc34)c3c(F)c(F)c(F)c(F)c3c(-c3ccc(-c4ccccc4)cc3)c2c1F. The van der Waals surface area contributed by atoms with E-state index >= 15 is 17.6 Å². The van der Waals surface area contributed by atoms with Crippen molar-refractivity contribution in [3.05, 3.63) is 144 Å². The van der Waals surface area contributed by atoms with Crippen molar-refractivity contribution in [3.8, 4) is 33.4 Å². The average molecular weight is 601 g/mol. The second-order valence-corrected chi connectivity index (χ2v) is 10.2. The van der Waals surface area contributed by atoms with E-state index in [0.717, 1.165) is 5.56 Å². The summed E-state index contributed by atoms with van der Waals surface area (Å²) in [7, 11) is 0. The average Bonchev–Trinajstić information content (AvgIpc) is 3.07. The van der Waals surface area contributed by atoms with Crippen LogP contribution in [-0.4, -0.2) is 0 Å². The lowest BCUT2D eigenvalue weighted by atomic mass is 9.83. The van der Waals surface area contributed by atoms with Crippen molar-refractivity contribution in [3.63, 3.8) is 0 Å². The fourth-order valence-corrected chi connectivity index (χ4v) is 5.91. The van der Waals surface area contributed by atoms with Crippen LogP contribution >= 0.6 is 0 Å². The van der Waals surface area contributed by atoms with Gasteiger partial charge in [-0.3, -0.25) is 0 Å². The summed E-state index contributed by atoms with van der Waals surface area (Å²) in [6, 6.07) is 25.5. The summed E-state index contributed by atoms with van der Waals surface area (Å²) in [5.41, 5.74) is -0.124. The van der Waals surface area contributed by atoms with Crippen molar-refractivity contribution in [1.82, 2.24) is 0 Å². The van der Waals surface area contributed by atoms with E-state index in [1.165, 1.54) is 42.5 Å². The van der Waals surface area contributed by atoms with Gasteiger partial charge in [-0.05, 0) is 33.0 Å². The molecule has 7 rings (SSSR count). The lowest BCUT2D eigenvalue weighted by Crippen LogP contribution is -2.07. The second-order valence-electron chi connectivity index (χ2n) is 10.2. The molecule has 0 unspecified atom stereocenters. The number of hydrogen-bond acceptors (Lipinski definition) is 0. The first-order valence-electron chi connectivity index (χ1n) is 13.3. The third kappa shape index (κ3) is 3.90. The Morgan fingerprint density at radius 2 is 0.705 bits per heavy atom. The summed E-state index contributed by atoms with van der Waals surface area (Å²) in [6.45, 7) is 0. The van der Waals surface area contributed by atoms with Gasteiger partial charge < -0.3 is 0 Å². The Labute approximate surface area is 244 Å². The fraction of sp³-hybridized carbons (Fsp3) is 0. The van der Waals surface area contributed by atoms with Crippen LogP contribution in [0.3, 0.4) is 0 Å². The van der Waals surface area contributed by atoms with Crippen molar-refractivity contribution in [1.29, 1.82) is 0 Å². The van der Waals surface area contributed by atoms with E-state index in [-0.39, 0.29) is 11.1 Å². The molecule has 0 saturated carbocycles. The molecule has 0 amide bonds. The Morgan fingerprint density at radius 1 is 0.295 bits per heavy atom. The van der Waals surface area contributed by atoms with Gasteiger partial charge in [0.25, 0.3) is 0 Å². The molecular formula is C36H16F8. The van der Waals surface area contributed by atoms with Gasteiger partial charge in [-0.15, -0.1) is 0 Å². The minimum atomic E-state index is -2.20. The Bertz CT molecular complexity index is 2210. The molecule has 44 heavy (non-hydrogen) atoms. The highest BCUT2D eigenvalue weighted by atomic mass is 19.2. The van der Waals surface area contributed by atoms with Crippen molar-refractivity contribution in [2.45, 2.75) is 0 Å². The molecule has 216 valence electrons. The Balaban J connectivity index is 1.75. The molecule has 0 fully saturated rings. The van der Waals surface area contributed by atoms with E-state index in [1.807, 2.05) is 0 Å². The highest BCUT2D eigenvalue weighted by Gasteiger charge is 2.33. The largest absolute Gasteiger partial charge is 0.203 e. The van der Waals surface area contributed by atoms with Crippen molar-refractivity contribution in [2.75, 3.05) is 0 Å². The molecule has 8 heteroatoms. The van der Waals surface area contributed by atoms with Gasteiger partial charge in [-0.1, -0.05) is 97.1 Å². The lowest BCUT2D eigenvalue weighted by molar-refractivity contribution is 0.416. The van der Waals surface area contributed by atoms with E-state index in [0.29, 0.717) is 16.3 Å². The van der Waals surface area contributed by atoms with E-state index in [1.54, 1.807) is 54.6 Å². The summed E-state index contributed by atoms with van der Waals surface area (Å²) in [5.74, 6) is -16.4. The van der Waals surface area contributed by atoms with Crippen molar-refractivity contribution in [2.24, 2.45) is 0 Å². The summed E-state index contributed by atoms with van der Waals surface area (Å²) in [6.07, 6.45) is 0. The number of halogens is 8. The van der Waals surface area contributed by atoms with Gasteiger partial charge in [0, 0.05) is 32.7 Å². The van der Waals surface area contributed by atoms with Crippen molar-refractivity contribution < 1.29 is 35.1 Å². The quantitative estimate of drug-likeness (QED) is 0.0819. The monoisotopic (exact) mass is 600 g/mol. The van der Waals surface area contributed by atoms with Gasteiger partial charge in [0.2, 0.25) is 0 Å². The van der Waals surface area contributed by atoms with Crippen LogP contribution in [-0.2, 0) is 0 Å². The first-order valence-corrected chi connectivity index (χ1v) is 13.3. The number of rotatable bonds is 3. The summed E-state index contributed by atoms with van der Waals surface area (Å²) in [4.78, 5) is 0. The Morgan fingerprint density at radius 3 is 1.25 bits per heavy atom. The van der Waals surface area contributed by atoms with Crippen LogP contribution < -0.4 is 0 Å². The van der Waals surface area contributed by atoms with Gasteiger partial charge >= 0.3 is 0 Å². The van der Waals surface area contributed by atoms with Gasteiger partial charge in [-0.25, -0.2) is 35.1 Å². The van der Waals surface area contributed by atoms with Gasteiger partial charge in [-0.2, -0.15) is 0 Å². The van der Waals surface area contributed by atoms with Gasteiger partial charge in [0.1, 0.15) is 0 Å². The molecule has 0 aliphatic rings. The highest BCUT2D eigenvalue weighted by Crippen LogP contribution is 2.50. The Kier molecular flexibility index (Phi) is 6.39. The first kappa shape index (κ1) is 27.6. The molecule has 0 N–H and O–H groups in total. The van der Waals surface area contributed by atoms with Crippen LogP contribution in [0.1, 0.15) is 0 Å². The molecule has 0 aliphatic carbocycles. The molecule has 7 aromatic rings. The molecule has 0 radical (unpaired) electrons. The minimum absolute atomic E-state index is 0.0716. The molecular weight excluding hydrogens is 584 g/mol. The fourth-order valence-electron chi connectivity index (χ4n) is 5.91. The highest BCUT2D eigenvalue weighted by molar-refractivity contribution is 6.24. The molecule has 0 aliphatic heterocycles. The molecule has 0 aromatic heterocycles. The number of benzene rings is 7. The van der Waals surface area contributed by atoms with Crippen LogP contribution in [0.5, 0.6) is 0 Å². The normalized spacial score (nSPS) is 11.6. The maximum atomic E-state index is 15.9. The predicted molar refractivity (Wildman–Crippen MR) is 155 cm³/mol. The number of hydrogen-bond donors (Lipinski definition) is 0. The number of fused-ring (bicyclic) bond motifs is 3.